The number of amides is 1. The standard InChI is InChI=1S/C10H10INO2/c11-9-7(10(12)13)2-1-3-8(9)14-6-4-5-6/h1-3,6H,4-5H2,(H2,12,13). The van der Waals surface area contributed by atoms with E-state index in [1.807, 2.05) is 6.07 Å². The molecule has 0 heterocycles. The van der Waals surface area contributed by atoms with Gasteiger partial charge >= 0.3 is 0 Å². The van der Waals surface area contributed by atoms with Gasteiger partial charge in [-0.3, -0.25) is 4.79 Å². The van der Waals surface area contributed by atoms with Crippen molar-refractivity contribution in [3.05, 3.63) is 27.3 Å². The largest absolute Gasteiger partial charge is 0.489 e. The first kappa shape index (κ1) is 9.76. The number of halogens is 1. The first-order valence-electron chi connectivity index (χ1n) is 4.43. The number of hydrogen-bond acceptors (Lipinski definition) is 2. The maximum atomic E-state index is 11.0. The van der Waals surface area contributed by atoms with Crippen molar-refractivity contribution in [2.24, 2.45) is 5.73 Å². The van der Waals surface area contributed by atoms with E-state index in [1.54, 1.807) is 12.1 Å². The van der Waals surface area contributed by atoms with Crippen LogP contribution in [0.4, 0.5) is 0 Å². The molecule has 14 heavy (non-hydrogen) atoms. The molecule has 3 nitrogen and oxygen atoms in total. The molecule has 0 atom stereocenters. The van der Waals surface area contributed by atoms with E-state index in [9.17, 15) is 4.79 Å². The molecule has 2 N–H and O–H groups in total. The van der Waals surface area contributed by atoms with Crippen molar-refractivity contribution < 1.29 is 9.53 Å². The zero-order valence-electron chi connectivity index (χ0n) is 7.50. The average Bonchev–Trinajstić information content (AvgIpc) is 2.92. The lowest BCUT2D eigenvalue weighted by atomic mass is 10.2. The lowest BCUT2D eigenvalue weighted by Gasteiger charge is -2.08. The van der Waals surface area contributed by atoms with Crippen LogP contribution in [-0.2, 0) is 0 Å². The van der Waals surface area contributed by atoms with Crippen LogP contribution in [0, 0.1) is 3.57 Å². The fourth-order valence-corrected chi connectivity index (χ4v) is 1.91. The third kappa shape index (κ3) is 2.00. The van der Waals surface area contributed by atoms with E-state index < -0.39 is 5.91 Å². The molecule has 0 unspecified atom stereocenters. The van der Waals surface area contributed by atoms with Crippen LogP contribution in [0.5, 0.6) is 5.75 Å². The molecule has 0 aromatic heterocycles. The summed E-state index contributed by atoms with van der Waals surface area (Å²) in [7, 11) is 0. The minimum atomic E-state index is -0.407. The van der Waals surface area contributed by atoms with Crippen LogP contribution in [0.1, 0.15) is 23.2 Å². The SMILES string of the molecule is NC(=O)c1cccc(OC2CC2)c1I. The van der Waals surface area contributed by atoms with Gasteiger partial charge in [0.2, 0.25) is 5.91 Å². The summed E-state index contributed by atoms with van der Waals surface area (Å²) in [4.78, 5) is 11.0. The number of primary amides is 1. The molecule has 4 heteroatoms. The Kier molecular flexibility index (Phi) is 2.62. The minimum absolute atomic E-state index is 0.339. The molecule has 1 fully saturated rings. The van der Waals surface area contributed by atoms with Gasteiger partial charge in [-0.15, -0.1) is 0 Å². The molecule has 1 aromatic carbocycles. The highest BCUT2D eigenvalue weighted by Crippen LogP contribution is 2.31. The summed E-state index contributed by atoms with van der Waals surface area (Å²) in [5.41, 5.74) is 5.76. The van der Waals surface area contributed by atoms with Crippen molar-refractivity contribution in [1.29, 1.82) is 0 Å². The number of nitrogens with two attached hydrogens (primary N) is 1. The van der Waals surface area contributed by atoms with Crippen LogP contribution < -0.4 is 10.5 Å². The highest BCUT2D eigenvalue weighted by atomic mass is 127. The van der Waals surface area contributed by atoms with Crippen molar-refractivity contribution in [2.75, 3.05) is 0 Å². The summed E-state index contributed by atoms with van der Waals surface area (Å²) in [5, 5.41) is 0. The molecule has 1 aliphatic rings. The Morgan fingerprint density at radius 2 is 2.21 bits per heavy atom. The number of rotatable bonds is 3. The van der Waals surface area contributed by atoms with Gasteiger partial charge in [-0.25, -0.2) is 0 Å². The van der Waals surface area contributed by atoms with E-state index >= 15 is 0 Å². The van der Waals surface area contributed by atoms with E-state index in [0.29, 0.717) is 11.7 Å². The van der Waals surface area contributed by atoms with E-state index in [4.69, 9.17) is 10.5 Å². The summed E-state index contributed by atoms with van der Waals surface area (Å²) in [6.45, 7) is 0. The first-order valence-corrected chi connectivity index (χ1v) is 5.51. The van der Waals surface area contributed by atoms with Gasteiger partial charge in [-0.1, -0.05) is 6.07 Å². The van der Waals surface area contributed by atoms with Crippen molar-refractivity contribution in [1.82, 2.24) is 0 Å². The fraction of sp³-hybridized carbons (Fsp3) is 0.300. The molecule has 0 radical (unpaired) electrons. The number of hydrogen-bond donors (Lipinski definition) is 1. The fourth-order valence-electron chi connectivity index (χ4n) is 1.16. The Morgan fingerprint density at radius 3 is 2.79 bits per heavy atom. The number of benzene rings is 1. The van der Waals surface area contributed by atoms with Gasteiger partial charge in [-0.2, -0.15) is 0 Å². The lowest BCUT2D eigenvalue weighted by molar-refractivity contribution is 0.0999. The normalized spacial score (nSPS) is 15.2. The average molecular weight is 303 g/mol. The Bertz CT molecular complexity index is 374. The Morgan fingerprint density at radius 1 is 1.50 bits per heavy atom. The summed E-state index contributed by atoms with van der Waals surface area (Å²) in [6.07, 6.45) is 2.56. The molecule has 1 amide bonds. The van der Waals surface area contributed by atoms with Gasteiger partial charge in [0.25, 0.3) is 0 Å². The zero-order chi connectivity index (χ0) is 10.1. The van der Waals surface area contributed by atoms with Gasteiger partial charge in [0.15, 0.2) is 0 Å². The predicted octanol–water partition coefficient (Wildman–Crippen LogP) is 1.93. The number of carbonyl (C=O) groups is 1. The predicted molar refractivity (Wildman–Crippen MR) is 61.3 cm³/mol. The van der Waals surface area contributed by atoms with Crippen LogP contribution in [0.2, 0.25) is 0 Å². The Hall–Kier alpha value is -0.780. The number of carbonyl (C=O) groups excluding carboxylic acids is 1. The van der Waals surface area contributed by atoms with Gasteiger partial charge in [0.1, 0.15) is 5.75 Å². The van der Waals surface area contributed by atoms with Crippen molar-refractivity contribution in [2.45, 2.75) is 18.9 Å². The second kappa shape index (κ2) is 3.76. The summed E-state index contributed by atoms with van der Waals surface area (Å²) in [5.74, 6) is 0.361. The molecule has 0 saturated heterocycles. The second-order valence-corrected chi connectivity index (χ2v) is 4.38. The van der Waals surface area contributed by atoms with E-state index in [0.717, 1.165) is 22.2 Å². The molecule has 0 bridgehead atoms. The van der Waals surface area contributed by atoms with Crippen molar-refractivity contribution >= 4 is 28.5 Å². The Labute approximate surface area is 95.8 Å². The summed E-state index contributed by atoms with van der Waals surface area (Å²) < 4.78 is 6.44. The lowest BCUT2D eigenvalue weighted by Crippen LogP contribution is -2.13. The molecule has 1 aliphatic carbocycles. The molecule has 0 aliphatic heterocycles. The van der Waals surface area contributed by atoms with Crippen molar-refractivity contribution in [3.63, 3.8) is 0 Å². The molecule has 1 aromatic rings. The topological polar surface area (TPSA) is 52.3 Å². The van der Waals surface area contributed by atoms with E-state index in [2.05, 4.69) is 22.6 Å². The molecular formula is C10H10INO2. The summed E-state index contributed by atoms with van der Waals surface area (Å²) in [6, 6.07) is 5.37. The van der Waals surface area contributed by atoms with Crippen LogP contribution in [0.3, 0.4) is 0 Å². The van der Waals surface area contributed by atoms with Crippen molar-refractivity contribution in [3.8, 4) is 5.75 Å². The monoisotopic (exact) mass is 303 g/mol. The minimum Gasteiger partial charge on any atom is -0.489 e. The quantitative estimate of drug-likeness (QED) is 0.868. The highest BCUT2D eigenvalue weighted by Gasteiger charge is 2.25. The molecular weight excluding hydrogens is 293 g/mol. The van der Waals surface area contributed by atoms with Crippen LogP contribution in [-0.4, -0.2) is 12.0 Å². The summed E-state index contributed by atoms with van der Waals surface area (Å²) >= 11 is 2.09. The smallest absolute Gasteiger partial charge is 0.249 e. The maximum Gasteiger partial charge on any atom is 0.249 e. The van der Waals surface area contributed by atoms with Crippen LogP contribution in [0.15, 0.2) is 18.2 Å². The van der Waals surface area contributed by atoms with E-state index in [1.165, 1.54) is 0 Å². The zero-order valence-corrected chi connectivity index (χ0v) is 9.65. The maximum absolute atomic E-state index is 11.0. The molecule has 0 spiro atoms. The molecule has 2 rings (SSSR count). The van der Waals surface area contributed by atoms with E-state index in [-0.39, 0.29) is 0 Å². The highest BCUT2D eigenvalue weighted by molar-refractivity contribution is 14.1. The first-order chi connectivity index (χ1) is 6.68. The van der Waals surface area contributed by atoms with Gasteiger partial charge in [0, 0.05) is 0 Å². The number of ether oxygens (including phenoxy) is 1. The molecule has 1 saturated carbocycles. The van der Waals surface area contributed by atoms with Gasteiger partial charge < -0.3 is 10.5 Å². The third-order valence-corrected chi connectivity index (χ3v) is 3.16. The van der Waals surface area contributed by atoms with Crippen LogP contribution in [0.25, 0.3) is 0 Å². The third-order valence-electron chi connectivity index (χ3n) is 2.05. The van der Waals surface area contributed by atoms with Gasteiger partial charge in [-0.05, 0) is 47.6 Å². The molecule has 74 valence electrons. The Balaban J connectivity index is 2.30. The van der Waals surface area contributed by atoms with Gasteiger partial charge in [0.05, 0.1) is 15.2 Å². The van der Waals surface area contributed by atoms with Crippen LogP contribution >= 0.6 is 22.6 Å². The second-order valence-electron chi connectivity index (χ2n) is 3.30.